The first-order valence-electron chi connectivity index (χ1n) is 8.14. The number of nitrogens with zero attached hydrogens (tertiary/aromatic N) is 3. The Morgan fingerprint density at radius 3 is 2.83 bits per heavy atom. The summed E-state index contributed by atoms with van der Waals surface area (Å²) in [6.45, 7) is 4.47. The molecule has 0 radical (unpaired) electrons. The smallest absolute Gasteiger partial charge is 0.309 e. The highest BCUT2D eigenvalue weighted by molar-refractivity contribution is 6.33. The molecule has 0 atom stereocenters. The minimum atomic E-state index is -0.0871. The predicted molar refractivity (Wildman–Crippen MR) is 89.4 cm³/mol. The van der Waals surface area contributed by atoms with Gasteiger partial charge in [-0.15, -0.1) is 0 Å². The Hall–Kier alpha value is -1.92. The quantitative estimate of drug-likeness (QED) is 0.772. The molecule has 0 aliphatic carbocycles. The molecule has 2 aromatic rings. The summed E-state index contributed by atoms with van der Waals surface area (Å²) in [5.41, 5.74) is 0.759. The zero-order chi connectivity index (χ0) is 16.9. The van der Waals surface area contributed by atoms with Crippen molar-refractivity contribution in [1.29, 1.82) is 0 Å². The predicted octanol–water partition coefficient (Wildman–Crippen LogP) is 3.17. The summed E-state index contributed by atoms with van der Waals surface area (Å²) in [6, 6.07) is 7.41. The van der Waals surface area contributed by atoms with Crippen LogP contribution in [-0.2, 0) is 16.1 Å². The largest absolute Gasteiger partial charge is 0.466 e. The molecule has 0 bridgehead atoms. The minimum absolute atomic E-state index is 0.00238. The van der Waals surface area contributed by atoms with Crippen LogP contribution in [0.25, 0.3) is 11.4 Å². The highest BCUT2D eigenvalue weighted by Gasteiger charge is 2.26. The van der Waals surface area contributed by atoms with E-state index < -0.39 is 0 Å². The van der Waals surface area contributed by atoms with Crippen molar-refractivity contribution < 1.29 is 14.1 Å². The molecule has 24 heavy (non-hydrogen) atoms. The number of carbonyl (C=O) groups is 1. The van der Waals surface area contributed by atoms with Gasteiger partial charge in [0.05, 0.1) is 24.1 Å². The van der Waals surface area contributed by atoms with E-state index in [0.717, 1.165) is 31.5 Å². The van der Waals surface area contributed by atoms with Crippen LogP contribution < -0.4 is 0 Å². The molecule has 1 fully saturated rings. The van der Waals surface area contributed by atoms with E-state index in [9.17, 15) is 4.79 Å². The molecule has 7 heteroatoms. The molecule has 3 rings (SSSR count). The second-order valence-electron chi connectivity index (χ2n) is 5.79. The van der Waals surface area contributed by atoms with Gasteiger partial charge in [0.2, 0.25) is 11.7 Å². The molecule has 6 nitrogen and oxygen atoms in total. The number of ether oxygens (including phenoxy) is 1. The summed E-state index contributed by atoms with van der Waals surface area (Å²) in [5, 5.41) is 4.61. The van der Waals surface area contributed by atoms with Crippen molar-refractivity contribution in [3.63, 3.8) is 0 Å². The van der Waals surface area contributed by atoms with E-state index in [0.29, 0.717) is 29.9 Å². The Kier molecular flexibility index (Phi) is 5.48. The number of piperidine rings is 1. The molecule has 128 valence electrons. The molecule has 1 aromatic carbocycles. The van der Waals surface area contributed by atoms with Gasteiger partial charge in [-0.25, -0.2) is 0 Å². The zero-order valence-electron chi connectivity index (χ0n) is 13.6. The fourth-order valence-electron chi connectivity index (χ4n) is 2.85. The minimum Gasteiger partial charge on any atom is -0.466 e. The summed E-state index contributed by atoms with van der Waals surface area (Å²) in [5.74, 6) is 0.968. The Balaban J connectivity index is 1.57. The Morgan fingerprint density at radius 2 is 2.12 bits per heavy atom. The van der Waals surface area contributed by atoms with Crippen molar-refractivity contribution in [3.05, 3.63) is 35.2 Å². The van der Waals surface area contributed by atoms with Crippen molar-refractivity contribution >= 4 is 17.6 Å². The first-order chi connectivity index (χ1) is 11.7. The molecule has 0 N–H and O–H groups in total. The Bertz CT molecular complexity index is 696. The van der Waals surface area contributed by atoms with Crippen LogP contribution in [0.5, 0.6) is 0 Å². The van der Waals surface area contributed by atoms with E-state index >= 15 is 0 Å². The normalized spacial score (nSPS) is 16.2. The molecular formula is C17H20ClN3O3. The van der Waals surface area contributed by atoms with Gasteiger partial charge in [0.25, 0.3) is 0 Å². The highest BCUT2D eigenvalue weighted by atomic mass is 35.5. The average Bonchev–Trinajstić information content (AvgIpc) is 3.04. The summed E-state index contributed by atoms with van der Waals surface area (Å²) >= 11 is 6.16. The van der Waals surface area contributed by atoms with Gasteiger partial charge in [0, 0.05) is 5.56 Å². The fraction of sp³-hybridized carbons (Fsp3) is 0.471. The summed E-state index contributed by atoms with van der Waals surface area (Å²) in [4.78, 5) is 18.4. The first-order valence-corrected chi connectivity index (χ1v) is 8.51. The van der Waals surface area contributed by atoms with Gasteiger partial charge >= 0.3 is 5.97 Å². The summed E-state index contributed by atoms with van der Waals surface area (Å²) in [6.07, 6.45) is 1.59. The number of halogens is 1. The Labute approximate surface area is 145 Å². The number of likely N-dealkylation sites (tertiary alicyclic amines) is 1. The molecule has 0 spiro atoms. The molecule has 1 aliphatic heterocycles. The molecule has 0 saturated carbocycles. The maximum absolute atomic E-state index is 11.8. The maximum Gasteiger partial charge on any atom is 0.309 e. The monoisotopic (exact) mass is 349 g/mol. The van der Waals surface area contributed by atoms with Crippen LogP contribution in [0.4, 0.5) is 0 Å². The van der Waals surface area contributed by atoms with Crippen LogP contribution in [0, 0.1) is 5.92 Å². The van der Waals surface area contributed by atoms with Gasteiger partial charge in [0.1, 0.15) is 0 Å². The topological polar surface area (TPSA) is 68.5 Å². The van der Waals surface area contributed by atoms with Gasteiger partial charge in [0.15, 0.2) is 0 Å². The third-order valence-electron chi connectivity index (χ3n) is 4.15. The number of hydrogen-bond acceptors (Lipinski definition) is 6. The van der Waals surface area contributed by atoms with E-state index in [1.807, 2.05) is 25.1 Å². The van der Waals surface area contributed by atoms with E-state index in [-0.39, 0.29) is 11.9 Å². The van der Waals surface area contributed by atoms with E-state index in [4.69, 9.17) is 20.9 Å². The van der Waals surface area contributed by atoms with Crippen molar-refractivity contribution in [2.75, 3.05) is 19.7 Å². The van der Waals surface area contributed by atoms with Gasteiger partial charge in [-0.1, -0.05) is 28.9 Å². The van der Waals surface area contributed by atoms with Crippen LogP contribution in [0.2, 0.25) is 5.02 Å². The number of hydrogen-bond donors (Lipinski definition) is 0. The van der Waals surface area contributed by atoms with Crippen molar-refractivity contribution in [1.82, 2.24) is 15.0 Å². The second kappa shape index (κ2) is 7.77. The molecule has 2 heterocycles. The molecule has 0 amide bonds. The number of aromatic nitrogens is 2. The van der Waals surface area contributed by atoms with Gasteiger partial charge in [-0.3, -0.25) is 9.69 Å². The van der Waals surface area contributed by atoms with Crippen LogP contribution >= 0.6 is 11.6 Å². The maximum atomic E-state index is 11.8. The molecule has 1 aromatic heterocycles. The second-order valence-corrected chi connectivity index (χ2v) is 6.20. The lowest BCUT2D eigenvalue weighted by Crippen LogP contribution is -2.36. The molecule has 1 aliphatic rings. The SMILES string of the molecule is CCOC(=O)C1CCN(Cc2nc(-c3ccccc3Cl)no2)CC1. The van der Waals surface area contributed by atoms with Crippen molar-refractivity contribution in [2.45, 2.75) is 26.3 Å². The number of rotatable bonds is 5. The Morgan fingerprint density at radius 1 is 1.38 bits per heavy atom. The van der Waals surface area contributed by atoms with E-state index in [2.05, 4.69) is 15.0 Å². The van der Waals surface area contributed by atoms with Gasteiger partial charge in [-0.2, -0.15) is 4.98 Å². The highest BCUT2D eigenvalue weighted by Crippen LogP contribution is 2.25. The third kappa shape index (κ3) is 3.94. The van der Waals surface area contributed by atoms with E-state index in [1.54, 1.807) is 6.07 Å². The lowest BCUT2D eigenvalue weighted by Gasteiger charge is -2.29. The molecular weight excluding hydrogens is 330 g/mol. The summed E-state index contributed by atoms with van der Waals surface area (Å²) in [7, 11) is 0. The standard InChI is InChI=1S/C17H20ClN3O3/c1-2-23-17(22)12-7-9-21(10-8-12)11-15-19-16(20-24-15)13-5-3-4-6-14(13)18/h3-6,12H,2,7-11H2,1H3. The molecule has 1 saturated heterocycles. The van der Waals surface area contributed by atoms with E-state index in [1.165, 1.54) is 0 Å². The zero-order valence-corrected chi connectivity index (χ0v) is 14.3. The van der Waals surface area contributed by atoms with Crippen LogP contribution in [-0.4, -0.2) is 40.7 Å². The first kappa shape index (κ1) is 16.9. The molecule has 0 unspecified atom stereocenters. The lowest BCUT2D eigenvalue weighted by molar-refractivity contribution is -0.149. The van der Waals surface area contributed by atoms with Crippen molar-refractivity contribution in [3.8, 4) is 11.4 Å². The van der Waals surface area contributed by atoms with Gasteiger partial charge in [-0.05, 0) is 45.0 Å². The third-order valence-corrected chi connectivity index (χ3v) is 4.48. The van der Waals surface area contributed by atoms with Crippen LogP contribution in [0.3, 0.4) is 0 Å². The number of carbonyl (C=O) groups excluding carboxylic acids is 1. The lowest BCUT2D eigenvalue weighted by atomic mass is 9.97. The number of benzene rings is 1. The van der Waals surface area contributed by atoms with Crippen molar-refractivity contribution in [2.24, 2.45) is 5.92 Å². The summed E-state index contributed by atoms with van der Waals surface area (Å²) < 4.78 is 10.4. The number of esters is 1. The average molecular weight is 350 g/mol. The van der Waals surface area contributed by atoms with Gasteiger partial charge < -0.3 is 9.26 Å². The van der Waals surface area contributed by atoms with Crippen LogP contribution in [0.15, 0.2) is 28.8 Å². The van der Waals surface area contributed by atoms with Crippen LogP contribution in [0.1, 0.15) is 25.7 Å². The fourth-order valence-corrected chi connectivity index (χ4v) is 3.07.